The molecule has 0 N–H and O–H groups in total. The molecule has 0 fully saturated rings. The highest BCUT2D eigenvalue weighted by molar-refractivity contribution is 7.89. The molecule has 0 unspecified atom stereocenters. The molecule has 1 aromatic carbocycles. The first-order valence-electron chi connectivity index (χ1n) is 5.80. The van der Waals surface area contributed by atoms with E-state index in [1.807, 2.05) is 30.3 Å². The standard InChI is InChI=1S/C13H16N2O2S/c1-3-18(16,17)15(2)10-11-8-12-6-4-5-7-13(12)14-9-11/h4-9H,3,10H2,1-2H3. The monoisotopic (exact) mass is 264 g/mol. The third kappa shape index (κ3) is 2.68. The van der Waals surface area contributed by atoms with E-state index in [9.17, 15) is 8.42 Å². The Hall–Kier alpha value is -1.46. The minimum atomic E-state index is -3.14. The second kappa shape index (κ2) is 5.04. The van der Waals surface area contributed by atoms with Gasteiger partial charge in [-0.25, -0.2) is 12.7 Å². The molecule has 0 aliphatic rings. The maximum atomic E-state index is 11.7. The Labute approximate surface area is 107 Å². The number of rotatable bonds is 4. The molecule has 0 atom stereocenters. The Kier molecular flexibility index (Phi) is 3.63. The Morgan fingerprint density at radius 1 is 1.28 bits per heavy atom. The Morgan fingerprint density at radius 3 is 2.72 bits per heavy atom. The summed E-state index contributed by atoms with van der Waals surface area (Å²) in [5.74, 6) is 0.116. The lowest BCUT2D eigenvalue weighted by atomic mass is 10.1. The van der Waals surface area contributed by atoms with Crippen molar-refractivity contribution in [3.63, 3.8) is 0 Å². The summed E-state index contributed by atoms with van der Waals surface area (Å²) in [6.07, 6.45) is 1.73. The minimum Gasteiger partial charge on any atom is -0.256 e. The van der Waals surface area contributed by atoms with E-state index in [-0.39, 0.29) is 5.75 Å². The van der Waals surface area contributed by atoms with Crippen molar-refractivity contribution in [3.05, 3.63) is 42.1 Å². The molecule has 2 aromatic rings. The lowest BCUT2D eigenvalue weighted by Gasteiger charge is -2.15. The van der Waals surface area contributed by atoms with Gasteiger partial charge in [0.25, 0.3) is 0 Å². The van der Waals surface area contributed by atoms with E-state index in [2.05, 4.69) is 4.98 Å². The van der Waals surface area contributed by atoms with Crippen LogP contribution in [0.4, 0.5) is 0 Å². The van der Waals surface area contributed by atoms with Crippen molar-refractivity contribution in [1.82, 2.24) is 9.29 Å². The maximum absolute atomic E-state index is 11.7. The summed E-state index contributed by atoms with van der Waals surface area (Å²) in [5, 5.41) is 1.03. The summed E-state index contributed by atoms with van der Waals surface area (Å²) in [6, 6.07) is 9.76. The van der Waals surface area contributed by atoms with Gasteiger partial charge in [-0.1, -0.05) is 18.2 Å². The summed E-state index contributed by atoms with van der Waals surface area (Å²) >= 11 is 0. The molecule has 2 rings (SSSR count). The van der Waals surface area contributed by atoms with E-state index in [1.54, 1.807) is 20.2 Å². The third-order valence-corrected chi connectivity index (χ3v) is 4.70. The van der Waals surface area contributed by atoms with E-state index in [0.717, 1.165) is 16.5 Å². The molecule has 0 saturated heterocycles. The number of nitrogens with zero attached hydrogens (tertiary/aromatic N) is 2. The van der Waals surface area contributed by atoms with Crippen LogP contribution in [0.15, 0.2) is 36.5 Å². The molecule has 0 bridgehead atoms. The van der Waals surface area contributed by atoms with Crippen LogP contribution in [-0.4, -0.2) is 30.5 Å². The zero-order valence-corrected chi connectivity index (χ0v) is 11.3. The van der Waals surface area contributed by atoms with E-state index in [4.69, 9.17) is 0 Å². The van der Waals surface area contributed by atoms with Gasteiger partial charge in [-0.2, -0.15) is 0 Å². The number of fused-ring (bicyclic) bond motifs is 1. The van der Waals surface area contributed by atoms with Crippen LogP contribution in [0.2, 0.25) is 0 Å². The molecule has 5 heteroatoms. The second-order valence-corrected chi connectivity index (χ2v) is 6.56. The first-order chi connectivity index (χ1) is 8.53. The van der Waals surface area contributed by atoms with Crippen LogP contribution in [0.1, 0.15) is 12.5 Å². The lowest BCUT2D eigenvalue weighted by molar-refractivity contribution is 0.467. The van der Waals surface area contributed by atoms with E-state index in [0.29, 0.717) is 6.54 Å². The molecule has 0 aliphatic heterocycles. The zero-order chi connectivity index (χ0) is 13.2. The summed E-state index contributed by atoms with van der Waals surface area (Å²) in [7, 11) is -1.55. The molecular weight excluding hydrogens is 248 g/mol. The van der Waals surface area contributed by atoms with Crippen LogP contribution < -0.4 is 0 Å². The topological polar surface area (TPSA) is 50.3 Å². The van der Waals surface area contributed by atoms with E-state index in [1.165, 1.54) is 4.31 Å². The largest absolute Gasteiger partial charge is 0.256 e. The summed E-state index contributed by atoms with van der Waals surface area (Å²) < 4.78 is 24.7. The number of aromatic nitrogens is 1. The van der Waals surface area contributed by atoms with Gasteiger partial charge in [0.2, 0.25) is 10.0 Å². The number of hydrogen-bond acceptors (Lipinski definition) is 3. The fraction of sp³-hybridized carbons (Fsp3) is 0.308. The second-order valence-electron chi connectivity index (χ2n) is 4.19. The lowest BCUT2D eigenvalue weighted by Crippen LogP contribution is -2.27. The molecular formula is C13H16N2O2S. The van der Waals surface area contributed by atoms with Gasteiger partial charge in [-0.3, -0.25) is 4.98 Å². The molecule has 96 valence electrons. The van der Waals surface area contributed by atoms with Crippen molar-refractivity contribution in [1.29, 1.82) is 0 Å². The number of sulfonamides is 1. The number of para-hydroxylation sites is 1. The van der Waals surface area contributed by atoms with Gasteiger partial charge in [-0.15, -0.1) is 0 Å². The number of hydrogen-bond donors (Lipinski definition) is 0. The molecule has 4 nitrogen and oxygen atoms in total. The average molecular weight is 264 g/mol. The van der Waals surface area contributed by atoms with Crippen molar-refractivity contribution in [2.24, 2.45) is 0 Å². The summed E-state index contributed by atoms with van der Waals surface area (Å²) in [5.41, 5.74) is 1.82. The quantitative estimate of drug-likeness (QED) is 0.849. The van der Waals surface area contributed by atoms with Crippen LogP contribution in [-0.2, 0) is 16.6 Å². The Balaban J connectivity index is 2.27. The molecule has 18 heavy (non-hydrogen) atoms. The summed E-state index contributed by atoms with van der Waals surface area (Å²) in [6.45, 7) is 2.00. The molecule has 0 spiro atoms. The molecule has 0 amide bonds. The highest BCUT2D eigenvalue weighted by Crippen LogP contribution is 2.14. The maximum Gasteiger partial charge on any atom is 0.213 e. The van der Waals surface area contributed by atoms with E-state index < -0.39 is 10.0 Å². The number of pyridine rings is 1. The minimum absolute atomic E-state index is 0.116. The van der Waals surface area contributed by atoms with Gasteiger partial charge in [0.1, 0.15) is 0 Å². The van der Waals surface area contributed by atoms with Gasteiger partial charge in [0.05, 0.1) is 11.3 Å². The first-order valence-corrected chi connectivity index (χ1v) is 7.41. The van der Waals surface area contributed by atoms with Gasteiger partial charge in [-0.05, 0) is 24.6 Å². The molecule has 1 heterocycles. The van der Waals surface area contributed by atoms with Gasteiger partial charge >= 0.3 is 0 Å². The van der Waals surface area contributed by atoms with Crippen molar-refractivity contribution in [2.45, 2.75) is 13.5 Å². The smallest absolute Gasteiger partial charge is 0.213 e. The van der Waals surface area contributed by atoms with Crippen molar-refractivity contribution < 1.29 is 8.42 Å². The average Bonchev–Trinajstić information content (AvgIpc) is 2.38. The highest BCUT2D eigenvalue weighted by Gasteiger charge is 2.15. The Morgan fingerprint density at radius 2 is 2.00 bits per heavy atom. The SMILES string of the molecule is CCS(=O)(=O)N(C)Cc1cnc2ccccc2c1. The van der Waals surface area contributed by atoms with E-state index >= 15 is 0 Å². The summed E-state index contributed by atoms with van der Waals surface area (Å²) in [4.78, 5) is 4.32. The van der Waals surface area contributed by atoms with Gasteiger partial charge in [0, 0.05) is 25.2 Å². The van der Waals surface area contributed by atoms with Gasteiger partial charge < -0.3 is 0 Å². The zero-order valence-electron chi connectivity index (χ0n) is 10.5. The molecule has 0 radical (unpaired) electrons. The van der Waals surface area contributed by atoms with Crippen LogP contribution in [0, 0.1) is 0 Å². The molecule has 1 aromatic heterocycles. The normalized spacial score (nSPS) is 12.2. The Bertz CT molecular complexity index is 653. The van der Waals surface area contributed by atoms with Crippen molar-refractivity contribution in [2.75, 3.05) is 12.8 Å². The van der Waals surface area contributed by atoms with Crippen molar-refractivity contribution >= 4 is 20.9 Å². The predicted molar refractivity (Wildman–Crippen MR) is 72.7 cm³/mol. The fourth-order valence-electron chi connectivity index (χ4n) is 1.78. The number of benzene rings is 1. The van der Waals surface area contributed by atoms with Crippen LogP contribution >= 0.6 is 0 Å². The highest BCUT2D eigenvalue weighted by atomic mass is 32.2. The van der Waals surface area contributed by atoms with Crippen LogP contribution in [0.5, 0.6) is 0 Å². The van der Waals surface area contributed by atoms with Gasteiger partial charge in [0.15, 0.2) is 0 Å². The fourth-order valence-corrected chi connectivity index (χ4v) is 2.57. The van der Waals surface area contributed by atoms with Crippen LogP contribution in [0.3, 0.4) is 0 Å². The predicted octanol–water partition coefficient (Wildman–Crippen LogP) is 2.02. The third-order valence-electron chi connectivity index (χ3n) is 2.89. The molecule has 0 saturated carbocycles. The molecule has 0 aliphatic carbocycles. The first kappa shape index (κ1) is 13.0. The van der Waals surface area contributed by atoms with Crippen LogP contribution in [0.25, 0.3) is 10.9 Å². The van der Waals surface area contributed by atoms with Crippen molar-refractivity contribution in [3.8, 4) is 0 Å².